The van der Waals surface area contributed by atoms with E-state index in [1.165, 1.54) is 5.56 Å². The highest BCUT2D eigenvalue weighted by molar-refractivity contribution is 5.79. The van der Waals surface area contributed by atoms with Crippen molar-refractivity contribution in [3.05, 3.63) is 66.7 Å². The number of aliphatic imine (C=N–C) groups is 1. The number of guanidine groups is 1. The van der Waals surface area contributed by atoms with E-state index in [1.807, 2.05) is 35.1 Å². The predicted molar refractivity (Wildman–Crippen MR) is 112 cm³/mol. The van der Waals surface area contributed by atoms with Crippen LogP contribution >= 0.6 is 0 Å². The van der Waals surface area contributed by atoms with Crippen LogP contribution in [0.2, 0.25) is 0 Å². The topological polar surface area (TPSA) is 88.5 Å². The van der Waals surface area contributed by atoms with Crippen molar-refractivity contribution in [3.63, 3.8) is 0 Å². The summed E-state index contributed by atoms with van der Waals surface area (Å²) in [5, 5.41) is 4.50. The van der Waals surface area contributed by atoms with Crippen molar-refractivity contribution in [1.29, 1.82) is 0 Å². The van der Waals surface area contributed by atoms with E-state index in [1.54, 1.807) is 12.4 Å². The summed E-state index contributed by atoms with van der Waals surface area (Å²) in [4.78, 5) is 17.8. The van der Waals surface area contributed by atoms with E-state index >= 15 is 0 Å². The number of nitrogens with zero attached hydrogens (tertiary/aromatic N) is 7. The number of aromatic nitrogens is 4. The first kappa shape index (κ1) is 17.7. The van der Waals surface area contributed by atoms with Gasteiger partial charge in [0.05, 0.1) is 17.9 Å². The van der Waals surface area contributed by atoms with Gasteiger partial charge in [0.1, 0.15) is 0 Å². The van der Waals surface area contributed by atoms with Crippen molar-refractivity contribution in [2.45, 2.75) is 18.4 Å². The highest BCUT2D eigenvalue weighted by atomic mass is 15.4. The lowest BCUT2D eigenvalue weighted by atomic mass is 10.2. The van der Waals surface area contributed by atoms with Crippen LogP contribution in [0.25, 0.3) is 5.69 Å². The molecule has 8 heteroatoms. The molecule has 0 radical (unpaired) electrons. The average Bonchev–Trinajstić information content (AvgIpc) is 3.37. The minimum atomic E-state index is 0.249. The van der Waals surface area contributed by atoms with E-state index in [4.69, 9.17) is 10.7 Å². The molecule has 0 spiro atoms. The molecular formula is C21H24N8. The zero-order chi connectivity index (χ0) is 19.6. The summed E-state index contributed by atoms with van der Waals surface area (Å²) in [6.07, 6.45) is 8.63. The van der Waals surface area contributed by atoms with Gasteiger partial charge in [-0.1, -0.05) is 18.2 Å². The number of rotatable bonds is 4. The summed E-state index contributed by atoms with van der Waals surface area (Å²) >= 11 is 0. The van der Waals surface area contributed by atoms with Crippen LogP contribution in [0.1, 0.15) is 17.9 Å². The highest BCUT2D eigenvalue weighted by Gasteiger charge is 2.40. The first-order chi connectivity index (χ1) is 14.3. The normalized spacial score (nSPS) is 22.0. The first-order valence-electron chi connectivity index (χ1n) is 9.98. The van der Waals surface area contributed by atoms with Crippen LogP contribution < -0.4 is 10.6 Å². The van der Waals surface area contributed by atoms with Crippen molar-refractivity contribution < 1.29 is 0 Å². The Morgan fingerprint density at radius 2 is 1.76 bits per heavy atom. The number of anilines is 1. The number of hydrogen-bond donors (Lipinski definition) is 1. The van der Waals surface area contributed by atoms with Gasteiger partial charge in [0.25, 0.3) is 0 Å². The predicted octanol–water partition coefficient (Wildman–Crippen LogP) is 1.66. The Labute approximate surface area is 169 Å². The zero-order valence-electron chi connectivity index (χ0n) is 16.2. The van der Waals surface area contributed by atoms with Gasteiger partial charge in [-0.3, -0.25) is 0 Å². The highest BCUT2D eigenvalue weighted by Crippen LogP contribution is 2.43. The molecule has 0 amide bonds. The molecular weight excluding hydrogens is 364 g/mol. The van der Waals surface area contributed by atoms with Crippen molar-refractivity contribution >= 4 is 11.9 Å². The summed E-state index contributed by atoms with van der Waals surface area (Å²) in [6.45, 7) is 3.35. The fourth-order valence-corrected chi connectivity index (χ4v) is 3.77. The lowest BCUT2D eigenvalue weighted by molar-refractivity contribution is 0.378. The number of para-hydroxylation sites is 1. The van der Waals surface area contributed by atoms with Gasteiger partial charge in [0.2, 0.25) is 5.95 Å². The first-order valence-corrected chi connectivity index (χ1v) is 9.98. The van der Waals surface area contributed by atoms with Crippen molar-refractivity contribution in [3.8, 4) is 5.69 Å². The molecule has 148 valence electrons. The minimum Gasteiger partial charge on any atom is -0.370 e. The average molecular weight is 388 g/mol. The third-order valence-electron chi connectivity index (χ3n) is 5.54. The van der Waals surface area contributed by atoms with Crippen LogP contribution in [0.4, 0.5) is 5.95 Å². The fraction of sp³-hybridized carbons (Fsp3) is 0.333. The van der Waals surface area contributed by atoms with E-state index in [2.05, 4.69) is 43.2 Å². The molecule has 0 unspecified atom stereocenters. The monoisotopic (exact) mass is 388 g/mol. The summed E-state index contributed by atoms with van der Waals surface area (Å²) < 4.78 is 1.92. The maximum Gasteiger partial charge on any atom is 0.225 e. The Bertz CT molecular complexity index is 976. The Balaban J connectivity index is 1.18. The van der Waals surface area contributed by atoms with E-state index in [9.17, 15) is 0 Å². The molecule has 2 fully saturated rings. The Morgan fingerprint density at radius 1 is 1.00 bits per heavy atom. The summed E-state index contributed by atoms with van der Waals surface area (Å²) in [7, 11) is 0. The molecule has 2 aromatic heterocycles. The van der Waals surface area contributed by atoms with Gasteiger partial charge in [-0.2, -0.15) is 5.10 Å². The van der Waals surface area contributed by atoms with Crippen LogP contribution in [-0.4, -0.2) is 62.8 Å². The molecule has 8 nitrogen and oxygen atoms in total. The zero-order valence-corrected chi connectivity index (χ0v) is 16.2. The van der Waals surface area contributed by atoms with E-state index < -0.39 is 0 Å². The number of benzene rings is 1. The van der Waals surface area contributed by atoms with Crippen molar-refractivity contribution in [2.24, 2.45) is 10.7 Å². The van der Waals surface area contributed by atoms with Crippen LogP contribution in [-0.2, 0) is 0 Å². The van der Waals surface area contributed by atoms with Gasteiger partial charge in [0.15, 0.2) is 5.96 Å². The Morgan fingerprint density at radius 3 is 2.52 bits per heavy atom. The molecule has 29 heavy (non-hydrogen) atoms. The molecule has 1 saturated heterocycles. The Hall–Kier alpha value is -3.42. The fourth-order valence-electron chi connectivity index (χ4n) is 3.77. The standard InChI is InChI=1S/C21H24N8/c22-20(27-9-11-28(12-10-27)21-23-7-4-8-24-21)26-19-13-18(19)16-14-25-29(15-16)17-5-2-1-3-6-17/h1-8,14-15,18-19H,9-13H2,(H2,22,26)/t18-,19+/m0/s1. The third-order valence-corrected chi connectivity index (χ3v) is 5.54. The molecule has 2 atom stereocenters. The third kappa shape index (κ3) is 3.78. The van der Waals surface area contributed by atoms with Crippen molar-refractivity contribution in [2.75, 3.05) is 31.1 Å². The molecule has 3 aromatic rings. The molecule has 1 saturated carbocycles. The SMILES string of the molecule is NC(=N[C@@H]1C[C@H]1c1cnn(-c2ccccc2)c1)N1CCN(c2ncccn2)CC1. The van der Waals surface area contributed by atoms with Crippen LogP contribution in [0, 0.1) is 0 Å². The minimum absolute atomic E-state index is 0.249. The second kappa shape index (κ2) is 7.54. The summed E-state index contributed by atoms with van der Waals surface area (Å²) in [5.74, 6) is 1.83. The molecule has 1 aromatic carbocycles. The van der Waals surface area contributed by atoms with Gasteiger partial charge in [0, 0.05) is 50.7 Å². The molecule has 1 aliphatic carbocycles. The molecule has 0 bridgehead atoms. The summed E-state index contributed by atoms with van der Waals surface area (Å²) in [5.41, 5.74) is 8.61. The van der Waals surface area contributed by atoms with Gasteiger partial charge >= 0.3 is 0 Å². The molecule has 2 N–H and O–H groups in total. The van der Waals surface area contributed by atoms with E-state index in [-0.39, 0.29) is 6.04 Å². The molecule has 3 heterocycles. The largest absolute Gasteiger partial charge is 0.370 e. The smallest absolute Gasteiger partial charge is 0.225 e. The maximum atomic E-state index is 6.32. The molecule has 5 rings (SSSR count). The molecule has 2 aliphatic rings. The van der Waals surface area contributed by atoms with Gasteiger partial charge in [-0.15, -0.1) is 0 Å². The molecule has 1 aliphatic heterocycles. The Kier molecular flexibility index (Phi) is 4.59. The second-order valence-corrected chi connectivity index (χ2v) is 7.47. The van der Waals surface area contributed by atoms with Gasteiger partial charge in [-0.25, -0.2) is 19.6 Å². The van der Waals surface area contributed by atoms with E-state index in [0.29, 0.717) is 11.9 Å². The quantitative estimate of drug-likeness (QED) is 0.540. The lowest BCUT2D eigenvalue weighted by Crippen LogP contribution is -2.51. The number of piperazine rings is 1. The van der Waals surface area contributed by atoms with Gasteiger partial charge < -0.3 is 15.5 Å². The lowest BCUT2D eigenvalue weighted by Gasteiger charge is -2.35. The van der Waals surface area contributed by atoms with Crippen LogP contribution in [0.5, 0.6) is 0 Å². The maximum absolute atomic E-state index is 6.32. The van der Waals surface area contributed by atoms with E-state index in [0.717, 1.165) is 44.2 Å². The van der Waals surface area contributed by atoms with Crippen molar-refractivity contribution in [1.82, 2.24) is 24.6 Å². The number of hydrogen-bond acceptors (Lipinski definition) is 5. The van der Waals surface area contributed by atoms with Crippen LogP contribution in [0.15, 0.2) is 66.2 Å². The number of nitrogens with two attached hydrogens (primary N) is 1. The second-order valence-electron chi connectivity index (χ2n) is 7.47. The summed E-state index contributed by atoms with van der Waals surface area (Å²) in [6, 6.07) is 12.2. The van der Waals surface area contributed by atoms with Crippen LogP contribution in [0.3, 0.4) is 0 Å². The van der Waals surface area contributed by atoms with Gasteiger partial charge in [-0.05, 0) is 30.2 Å².